The first-order valence-corrected chi connectivity index (χ1v) is 7.24. The first kappa shape index (κ1) is 16.1. The fourth-order valence-electron chi connectivity index (χ4n) is 2.46. The normalized spacial score (nSPS) is 17.1. The Bertz CT molecular complexity index is 591. The highest BCUT2D eigenvalue weighted by Gasteiger charge is 2.41. The summed E-state index contributed by atoms with van der Waals surface area (Å²) in [4.78, 5) is 25.1. The molecule has 1 N–H and O–H groups in total. The zero-order chi connectivity index (χ0) is 16.5. The molecule has 1 aromatic carbocycles. The Hall–Kier alpha value is -2.24. The lowest BCUT2D eigenvalue weighted by molar-refractivity contribution is -0.138. The number of carbonyl (C=O) groups excluding carboxylic acids is 1. The first-order valence-electron chi connectivity index (χ1n) is 7.24. The third-order valence-corrected chi connectivity index (χ3v) is 3.25. The van der Waals surface area contributed by atoms with Crippen molar-refractivity contribution in [2.45, 2.75) is 45.8 Å². The van der Waals surface area contributed by atoms with Crippen LogP contribution < -0.4 is 9.64 Å². The second-order valence-electron chi connectivity index (χ2n) is 6.10. The van der Waals surface area contributed by atoms with Crippen molar-refractivity contribution >= 4 is 17.7 Å². The second kappa shape index (κ2) is 5.87. The predicted octanol–water partition coefficient (Wildman–Crippen LogP) is 2.84. The molecule has 0 saturated heterocycles. The van der Waals surface area contributed by atoms with Gasteiger partial charge in [0.25, 0.3) is 0 Å². The molecule has 6 heteroatoms. The molecule has 0 aromatic heterocycles. The molecule has 6 nitrogen and oxygen atoms in total. The number of carboxylic acid groups (broad SMARTS) is 1. The highest BCUT2D eigenvalue weighted by molar-refractivity contribution is 5.99. The molecule has 0 bridgehead atoms. The number of amides is 1. The summed E-state index contributed by atoms with van der Waals surface area (Å²) in [5.74, 6) is -0.457. The van der Waals surface area contributed by atoms with E-state index in [2.05, 4.69) is 0 Å². The van der Waals surface area contributed by atoms with Gasteiger partial charge in [-0.25, -0.2) is 9.59 Å². The molecule has 0 radical (unpaired) electrons. The maximum atomic E-state index is 12.4. The quantitative estimate of drug-likeness (QED) is 0.929. The van der Waals surface area contributed by atoms with Crippen LogP contribution in [0.3, 0.4) is 0 Å². The average molecular weight is 307 g/mol. The molecule has 1 heterocycles. The Balaban J connectivity index is 2.42. The summed E-state index contributed by atoms with van der Waals surface area (Å²) in [5, 5.41) is 9.43. The summed E-state index contributed by atoms with van der Waals surface area (Å²) < 4.78 is 10.9. The van der Waals surface area contributed by atoms with Crippen molar-refractivity contribution in [3.63, 3.8) is 0 Å². The van der Waals surface area contributed by atoms with Crippen molar-refractivity contribution in [2.75, 3.05) is 11.5 Å². The van der Waals surface area contributed by atoms with E-state index in [1.807, 2.05) is 6.92 Å². The summed E-state index contributed by atoms with van der Waals surface area (Å²) in [7, 11) is 0. The minimum Gasteiger partial charge on any atom is -0.494 e. The molecule has 1 aliphatic rings. The number of anilines is 1. The van der Waals surface area contributed by atoms with Gasteiger partial charge in [0.15, 0.2) is 0 Å². The molecule has 0 fully saturated rings. The van der Waals surface area contributed by atoms with Crippen molar-refractivity contribution in [2.24, 2.45) is 0 Å². The average Bonchev–Trinajstić information content (AvgIpc) is 2.77. The SMILES string of the molecule is CCOc1cccc2c1CC(C(=O)O)N2C(=O)OC(C)(C)C. The molecule has 120 valence electrons. The number of rotatable bonds is 3. The number of hydrogen-bond acceptors (Lipinski definition) is 4. The summed E-state index contributed by atoms with van der Waals surface area (Å²) in [6, 6.07) is 4.25. The Kier molecular flexibility index (Phi) is 4.30. The van der Waals surface area contributed by atoms with Gasteiger partial charge in [0, 0.05) is 12.0 Å². The van der Waals surface area contributed by atoms with Crippen LogP contribution in [-0.4, -0.2) is 35.4 Å². The lowest BCUT2D eigenvalue weighted by Gasteiger charge is -2.27. The van der Waals surface area contributed by atoms with E-state index in [1.165, 1.54) is 4.90 Å². The van der Waals surface area contributed by atoms with Gasteiger partial charge in [-0.3, -0.25) is 4.90 Å². The van der Waals surface area contributed by atoms with Crippen LogP contribution in [0, 0.1) is 0 Å². The van der Waals surface area contributed by atoms with Crippen LogP contribution >= 0.6 is 0 Å². The van der Waals surface area contributed by atoms with E-state index in [9.17, 15) is 14.7 Å². The monoisotopic (exact) mass is 307 g/mol. The lowest BCUT2D eigenvalue weighted by atomic mass is 10.1. The molecule has 0 aliphatic carbocycles. The van der Waals surface area contributed by atoms with Gasteiger partial charge in [-0.05, 0) is 39.8 Å². The maximum Gasteiger partial charge on any atom is 0.415 e. The van der Waals surface area contributed by atoms with E-state index >= 15 is 0 Å². The topological polar surface area (TPSA) is 76.1 Å². The third kappa shape index (κ3) is 3.16. The first-order chi connectivity index (χ1) is 10.2. The van der Waals surface area contributed by atoms with E-state index in [0.29, 0.717) is 18.0 Å². The Morgan fingerprint density at radius 3 is 2.59 bits per heavy atom. The third-order valence-electron chi connectivity index (χ3n) is 3.25. The molecule has 1 aliphatic heterocycles. The van der Waals surface area contributed by atoms with Crippen LogP contribution in [0.15, 0.2) is 18.2 Å². The Morgan fingerprint density at radius 1 is 1.36 bits per heavy atom. The van der Waals surface area contributed by atoms with E-state index < -0.39 is 23.7 Å². The summed E-state index contributed by atoms with van der Waals surface area (Å²) >= 11 is 0. The van der Waals surface area contributed by atoms with Gasteiger partial charge in [0.1, 0.15) is 17.4 Å². The molecule has 0 spiro atoms. The standard InChI is InChI=1S/C16H21NO5/c1-5-21-13-8-6-7-11-10(13)9-12(14(18)19)17(11)15(20)22-16(2,3)4/h6-8,12H,5,9H2,1-4H3,(H,18,19). The number of hydrogen-bond donors (Lipinski definition) is 1. The van der Waals surface area contributed by atoms with Crippen molar-refractivity contribution in [1.82, 2.24) is 0 Å². The highest BCUT2D eigenvalue weighted by atomic mass is 16.6. The Morgan fingerprint density at radius 2 is 2.05 bits per heavy atom. The molecule has 1 atom stereocenters. The minimum atomic E-state index is -1.07. The zero-order valence-electron chi connectivity index (χ0n) is 13.3. The van der Waals surface area contributed by atoms with Gasteiger partial charge in [0.05, 0.1) is 12.3 Å². The van der Waals surface area contributed by atoms with Crippen molar-refractivity contribution < 1.29 is 24.2 Å². The minimum absolute atomic E-state index is 0.208. The van der Waals surface area contributed by atoms with Crippen LogP contribution in [0.2, 0.25) is 0 Å². The summed E-state index contributed by atoms with van der Waals surface area (Å²) in [6.07, 6.45) is -0.451. The van der Waals surface area contributed by atoms with E-state index in [0.717, 1.165) is 5.56 Å². The number of fused-ring (bicyclic) bond motifs is 1. The maximum absolute atomic E-state index is 12.4. The van der Waals surface area contributed by atoms with E-state index in [-0.39, 0.29) is 6.42 Å². The van der Waals surface area contributed by atoms with E-state index in [4.69, 9.17) is 9.47 Å². The van der Waals surface area contributed by atoms with Crippen molar-refractivity contribution in [3.05, 3.63) is 23.8 Å². The number of ether oxygens (including phenoxy) is 2. The van der Waals surface area contributed by atoms with Crippen molar-refractivity contribution in [3.8, 4) is 5.75 Å². The van der Waals surface area contributed by atoms with Crippen LogP contribution in [-0.2, 0) is 16.0 Å². The molecule has 2 rings (SSSR count). The highest BCUT2D eigenvalue weighted by Crippen LogP contribution is 2.39. The molecule has 22 heavy (non-hydrogen) atoms. The van der Waals surface area contributed by atoms with Gasteiger partial charge in [-0.1, -0.05) is 6.07 Å². The summed E-state index contributed by atoms with van der Waals surface area (Å²) in [5.41, 5.74) is 0.565. The second-order valence-corrected chi connectivity index (χ2v) is 6.10. The fourth-order valence-corrected chi connectivity index (χ4v) is 2.46. The molecule has 1 unspecified atom stereocenters. The largest absolute Gasteiger partial charge is 0.494 e. The molecular formula is C16H21NO5. The van der Waals surface area contributed by atoms with Crippen LogP contribution in [0.5, 0.6) is 5.75 Å². The number of nitrogens with zero attached hydrogens (tertiary/aromatic N) is 1. The van der Waals surface area contributed by atoms with E-state index in [1.54, 1.807) is 39.0 Å². The number of benzene rings is 1. The number of carbonyl (C=O) groups is 2. The smallest absolute Gasteiger partial charge is 0.415 e. The van der Waals surface area contributed by atoms with Gasteiger partial charge in [0.2, 0.25) is 0 Å². The molecule has 1 amide bonds. The zero-order valence-corrected chi connectivity index (χ0v) is 13.3. The molecular weight excluding hydrogens is 286 g/mol. The Labute approximate surface area is 129 Å². The van der Waals surface area contributed by atoms with Gasteiger partial charge >= 0.3 is 12.1 Å². The lowest BCUT2D eigenvalue weighted by Crippen LogP contribution is -2.45. The van der Waals surface area contributed by atoms with Crippen LogP contribution in [0.25, 0.3) is 0 Å². The number of aliphatic carboxylic acids is 1. The van der Waals surface area contributed by atoms with Crippen LogP contribution in [0.4, 0.5) is 10.5 Å². The predicted molar refractivity (Wildman–Crippen MR) is 81.5 cm³/mol. The molecule has 0 saturated carbocycles. The fraction of sp³-hybridized carbons (Fsp3) is 0.500. The van der Waals surface area contributed by atoms with Crippen LogP contribution in [0.1, 0.15) is 33.3 Å². The molecule has 1 aromatic rings. The summed E-state index contributed by atoms with van der Waals surface area (Å²) in [6.45, 7) is 7.56. The van der Waals surface area contributed by atoms with Gasteiger partial charge < -0.3 is 14.6 Å². The van der Waals surface area contributed by atoms with Gasteiger partial charge in [-0.15, -0.1) is 0 Å². The number of carboxylic acids is 1. The van der Waals surface area contributed by atoms with Crippen molar-refractivity contribution in [1.29, 1.82) is 0 Å². The van der Waals surface area contributed by atoms with Gasteiger partial charge in [-0.2, -0.15) is 0 Å².